The summed E-state index contributed by atoms with van der Waals surface area (Å²) in [5.41, 5.74) is 0. The van der Waals surface area contributed by atoms with Crippen molar-refractivity contribution >= 4 is 24.6 Å². The summed E-state index contributed by atoms with van der Waals surface area (Å²) >= 11 is 1.15. The summed E-state index contributed by atoms with van der Waals surface area (Å²) in [7, 11) is 4.82. The van der Waals surface area contributed by atoms with Crippen LogP contribution in [0.1, 0.15) is 13.8 Å². The Labute approximate surface area is 49.3 Å². The first kappa shape index (κ1) is 7.08. The Morgan fingerprint density at radius 1 is 1.71 bits per heavy atom. The van der Waals surface area contributed by atoms with E-state index in [2.05, 4.69) is 0 Å². The zero-order valence-electron chi connectivity index (χ0n) is 4.47. The van der Waals surface area contributed by atoms with Crippen LogP contribution in [-0.4, -0.2) is 18.1 Å². The molecule has 0 unspecified atom stereocenters. The lowest BCUT2D eigenvalue weighted by Crippen LogP contribution is -1.93. The number of rotatable bonds is 1. The third-order valence-electron chi connectivity index (χ3n) is 0.352. The minimum absolute atomic E-state index is 0.296. The predicted molar refractivity (Wildman–Crippen MR) is 33.9 cm³/mol. The van der Waals surface area contributed by atoms with Gasteiger partial charge < -0.3 is 4.79 Å². The van der Waals surface area contributed by atoms with E-state index in [4.69, 9.17) is 7.85 Å². The quantitative estimate of drug-likeness (QED) is 0.479. The molecule has 0 heterocycles. The van der Waals surface area contributed by atoms with Crippen LogP contribution in [0.2, 0.25) is 0 Å². The monoisotopic (exact) mass is 114 g/mol. The first-order valence-electron chi connectivity index (χ1n) is 2.09. The Kier molecular flexibility index (Phi) is 3.17. The smallest absolute Gasteiger partial charge is 0.184 e. The second-order valence-corrected chi connectivity index (χ2v) is 3.07. The molecule has 0 spiro atoms. The lowest BCUT2D eigenvalue weighted by atomic mass is 10.2. The minimum atomic E-state index is -0.296. The van der Waals surface area contributed by atoms with Gasteiger partial charge >= 0.3 is 0 Å². The molecule has 38 valence electrons. The van der Waals surface area contributed by atoms with Gasteiger partial charge in [-0.15, -0.1) is 0 Å². The van der Waals surface area contributed by atoms with Gasteiger partial charge in [-0.05, 0) is 0 Å². The second kappa shape index (κ2) is 3.13. The fourth-order valence-electron chi connectivity index (χ4n) is 0.232. The van der Waals surface area contributed by atoms with E-state index in [0.717, 1.165) is 11.8 Å². The second-order valence-electron chi connectivity index (χ2n) is 1.49. The van der Waals surface area contributed by atoms with Crippen molar-refractivity contribution in [1.82, 2.24) is 0 Å². The van der Waals surface area contributed by atoms with E-state index in [1.165, 1.54) is 0 Å². The van der Waals surface area contributed by atoms with Crippen LogP contribution in [0.3, 0.4) is 0 Å². The predicted octanol–water partition coefficient (Wildman–Crippen LogP) is 1.42. The average Bonchev–Trinajstić information content (AvgIpc) is 1.27. The van der Waals surface area contributed by atoms with Gasteiger partial charge in [0.15, 0.2) is 7.85 Å². The number of hydrogen-bond acceptors (Lipinski definition) is 2. The first-order chi connectivity index (χ1) is 3.13. The topological polar surface area (TPSA) is 17.1 Å². The highest BCUT2D eigenvalue weighted by molar-refractivity contribution is 8.16. The van der Waals surface area contributed by atoms with Crippen molar-refractivity contribution in [2.45, 2.75) is 19.1 Å². The van der Waals surface area contributed by atoms with E-state index in [1.54, 1.807) is 0 Å². The highest BCUT2D eigenvalue weighted by atomic mass is 32.2. The van der Waals surface area contributed by atoms with Crippen molar-refractivity contribution in [2.75, 3.05) is 0 Å². The van der Waals surface area contributed by atoms with Crippen LogP contribution in [0.5, 0.6) is 0 Å². The largest absolute Gasteiger partial charge is 0.301 e. The molecule has 0 atom stereocenters. The van der Waals surface area contributed by atoms with E-state index < -0.39 is 0 Å². The van der Waals surface area contributed by atoms with Crippen LogP contribution in [0.15, 0.2) is 0 Å². The van der Waals surface area contributed by atoms with Gasteiger partial charge in [-0.25, -0.2) is 0 Å². The molecule has 0 fully saturated rings. The summed E-state index contributed by atoms with van der Waals surface area (Å²) < 4.78 is 0. The summed E-state index contributed by atoms with van der Waals surface area (Å²) in [6.45, 7) is 3.85. The molecule has 0 bridgehead atoms. The fourth-order valence-corrected chi connectivity index (χ4v) is 0.697. The fraction of sp³-hybridized carbons (Fsp3) is 0.750. The van der Waals surface area contributed by atoms with Crippen molar-refractivity contribution in [3.8, 4) is 0 Å². The molecule has 0 amide bonds. The van der Waals surface area contributed by atoms with Crippen LogP contribution in [0, 0.1) is 0 Å². The molecule has 0 aliphatic rings. The van der Waals surface area contributed by atoms with Gasteiger partial charge in [-0.2, -0.15) is 0 Å². The summed E-state index contributed by atoms with van der Waals surface area (Å²) in [4.78, 5) is 9.99. The van der Waals surface area contributed by atoms with Crippen LogP contribution in [0.4, 0.5) is 4.79 Å². The Bertz CT molecular complexity index is 72.1. The van der Waals surface area contributed by atoms with Gasteiger partial charge in [0.2, 0.25) is 0 Å². The maximum atomic E-state index is 9.99. The lowest BCUT2D eigenvalue weighted by molar-refractivity contribution is 0.275. The number of carbonyl (C=O) groups excluding carboxylic acids is 1. The average molecular weight is 114 g/mol. The highest BCUT2D eigenvalue weighted by Crippen LogP contribution is 2.07. The van der Waals surface area contributed by atoms with Crippen molar-refractivity contribution in [2.24, 2.45) is 0 Å². The van der Waals surface area contributed by atoms with Gasteiger partial charge in [-0.1, -0.05) is 25.6 Å². The normalized spacial score (nSPS) is 9.57. The minimum Gasteiger partial charge on any atom is -0.301 e. The Morgan fingerprint density at radius 2 is 2.14 bits per heavy atom. The molecule has 2 radical (unpaired) electrons. The van der Waals surface area contributed by atoms with Crippen LogP contribution < -0.4 is 0 Å². The zero-order chi connectivity index (χ0) is 5.86. The Hall–Kier alpha value is 0.0849. The SMILES string of the molecule is [B]C(=O)SC(C)C. The number of carbonyl (C=O) groups is 1. The molecule has 0 saturated heterocycles. The van der Waals surface area contributed by atoms with Crippen molar-refractivity contribution in [3.63, 3.8) is 0 Å². The molecule has 0 saturated carbocycles. The third-order valence-corrected chi connectivity index (χ3v) is 1.06. The van der Waals surface area contributed by atoms with Crippen LogP contribution >= 0.6 is 11.8 Å². The maximum Gasteiger partial charge on any atom is 0.184 e. The van der Waals surface area contributed by atoms with E-state index in [1.807, 2.05) is 13.8 Å². The molecule has 0 aromatic carbocycles. The molecule has 0 rings (SSSR count). The van der Waals surface area contributed by atoms with Crippen molar-refractivity contribution in [1.29, 1.82) is 0 Å². The first-order valence-corrected chi connectivity index (χ1v) is 2.97. The number of thioether (sulfide) groups is 1. The van der Waals surface area contributed by atoms with Gasteiger partial charge in [0.1, 0.15) is 5.01 Å². The van der Waals surface area contributed by atoms with Crippen molar-refractivity contribution < 1.29 is 4.79 Å². The molecule has 0 aromatic heterocycles. The van der Waals surface area contributed by atoms with Gasteiger partial charge in [0, 0.05) is 5.25 Å². The molecular weight excluding hydrogens is 107 g/mol. The third kappa shape index (κ3) is 6.08. The standard InChI is InChI=1S/C4H7BOS/c1-3(2)7-4(5)6/h3H,1-2H3. The van der Waals surface area contributed by atoms with Crippen LogP contribution in [0.25, 0.3) is 0 Å². The Morgan fingerprint density at radius 3 is 2.14 bits per heavy atom. The summed E-state index contributed by atoms with van der Waals surface area (Å²) in [5, 5.41) is 0.0208. The molecule has 7 heavy (non-hydrogen) atoms. The maximum absolute atomic E-state index is 9.99. The van der Waals surface area contributed by atoms with Gasteiger partial charge in [0.05, 0.1) is 0 Å². The summed E-state index contributed by atoms with van der Waals surface area (Å²) in [5.74, 6) is 0. The van der Waals surface area contributed by atoms with E-state index >= 15 is 0 Å². The van der Waals surface area contributed by atoms with E-state index in [0.29, 0.717) is 5.25 Å². The zero-order valence-corrected chi connectivity index (χ0v) is 5.29. The van der Waals surface area contributed by atoms with Gasteiger partial charge in [0.25, 0.3) is 0 Å². The molecule has 0 N–H and O–H groups in total. The Balaban J connectivity index is 3.13. The summed E-state index contributed by atoms with van der Waals surface area (Å²) in [6, 6.07) is 0. The van der Waals surface area contributed by atoms with Gasteiger partial charge in [-0.3, -0.25) is 0 Å². The molecule has 0 aromatic rings. The molecule has 3 heteroatoms. The highest BCUT2D eigenvalue weighted by Gasteiger charge is 1.95. The molecule has 0 aliphatic heterocycles. The van der Waals surface area contributed by atoms with Crippen LogP contribution in [-0.2, 0) is 0 Å². The van der Waals surface area contributed by atoms with E-state index in [9.17, 15) is 4.79 Å². The number of hydrogen-bond donors (Lipinski definition) is 0. The molecule has 0 aliphatic carbocycles. The lowest BCUT2D eigenvalue weighted by Gasteiger charge is -1.95. The van der Waals surface area contributed by atoms with E-state index in [-0.39, 0.29) is 5.01 Å². The molecule has 1 nitrogen and oxygen atoms in total. The van der Waals surface area contributed by atoms with Crippen molar-refractivity contribution in [3.05, 3.63) is 0 Å². The summed E-state index contributed by atoms with van der Waals surface area (Å²) in [6.07, 6.45) is 0. The molecular formula is C4H7BOS.